The van der Waals surface area contributed by atoms with Gasteiger partial charge in [-0.05, 0) is 60.5 Å². The first-order valence-corrected chi connectivity index (χ1v) is 12.2. The van der Waals surface area contributed by atoms with Crippen LogP contribution in [0.1, 0.15) is 35.0 Å². The van der Waals surface area contributed by atoms with Gasteiger partial charge < -0.3 is 14.2 Å². The summed E-state index contributed by atoms with van der Waals surface area (Å²) in [5.41, 5.74) is 2.19. The van der Waals surface area contributed by atoms with Gasteiger partial charge in [-0.1, -0.05) is 13.0 Å². The minimum atomic E-state index is -3.47. The molecule has 1 amide bonds. The number of rotatable bonds is 10. The Morgan fingerprint density at radius 3 is 2.48 bits per heavy atom. The maximum atomic E-state index is 13.8. The number of sulfonamides is 1. The minimum absolute atomic E-state index is 0.0143. The fraction of sp³-hybridized carbons (Fsp3) is 0.292. The number of carbonyl (C=O) groups is 1. The van der Waals surface area contributed by atoms with Crippen molar-refractivity contribution < 1.29 is 22.0 Å². The van der Waals surface area contributed by atoms with Gasteiger partial charge in [0.05, 0.1) is 18.6 Å². The lowest BCUT2D eigenvalue weighted by molar-refractivity contribution is 0.0717. The molecule has 1 heterocycles. The second-order valence-electron chi connectivity index (χ2n) is 7.91. The molecule has 2 aromatic carbocycles. The highest BCUT2D eigenvalue weighted by molar-refractivity contribution is 7.92. The third-order valence-electron chi connectivity index (χ3n) is 4.95. The van der Waals surface area contributed by atoms with Crippen LogP contribution in [0.2, 0.25) is 0 Å². The molecule has 0 radical (unpaired) electrons. The third-order valence-corrected chi connectivity index (χ3v) is 6.45. The standard InChI is InChI=1S/C24H28FN3O4S/c1-4-13-33(30,31)26-21-10-11-23(27(2)3)19(15-21)16-28(17-22-9-6-12-32-22)24(29)18-7-5-8-20(25)14-18/h5-12,14-15,26H,4,13,16-17H2,1-3H3. The monoisotopic (exact) mass is 473 g/mol. The van der Waals surface area contributed by atoms with Gasteiger partial charge in [0.25, 0.3) is 5.91 Å². The summed E-state index contributed by atoms with van der Waals surface area (Å²) in [7, 11) is 0.263. The van der Waals surface area contributed by atoms with Gasteiger partial charge in [-0.15, -0.1) is 0 Å². The number of nitrogens with one attached hydrogen (secondary N) is 1. The first kappa shape index (κ1) is 24.3. The average molecular weight is 474 g/mol. The Morgan fingerprint density at radius 2 is 1.85 bits per heavy atom. The van der Waals surface area contributed by atoms with Crippen LogP contribution in [0.5, 0.6) is 0 Å². The number of hydrogen-bond donors (Lipinski definition) is 1. The van der Waals surface area contributed by atoms with E-state index in [1.54, 1.807) is 48.2 Å². The summed E-state index contributed by atoms with van der Waals surface area (Å²) in [5, 5.41) is 0. The second kappa shape index (κ2) is 10.5. The number of amides is 1. The second-order valence-corrected chi connectivity index (χ2v) is 9.75. The number of furan rings is 1. The topological polar surface area (TPSA) is 82.9 Å². The predicted molar refractivity (Wildman–Crippen MR) is 127 cm³/mol. The van der Waals surface area contributed by atoms with Gasteiger partial charge in [-0.2, -0.15) is 0 Å². The molecule has 7 nitrogen and oxygen atoms in total. The fourth-order valence-corrected chi connectivity index (χ4v) is 4.64. The quantitative estimate of drug-likeness (QED) is 0.470. The maximum Gasteiger partial charge on any atom is 0.254 e. The smallest absolute Gasteiger partial charge is 0.254 e. The number of anilines is 2. The van der Waals surface area contributed by atoms with E-state index < -0.39 is 15.8 Å². The van der Waals surface area contributed by atoms with Crippen LogP contribution in [-0.2, 0) is 23.1 Å². The van der Waals surface area contributed by atoms with Crippen molar-refractivity contribution in [2.45, 2.75) is 26.4 Å². The molecule has 1 N–H and O–H groups in total. The zero-order chi connectivity index (χ0) is 24.0. The Balaban J connectivity index is 1.97. The summed E-state index contributed by atoms with van der Waals surface area (Å²) in [4.78, 5) is 16.7. The molecule has 0 aliphatic rings. The normalized spacial score (nSPS) is 11.3. The van der Waals surface area contributed by atoms with Crippen molar-refractivity contribution in [3.63, 3.8) is 0 Å². The number of nitrogens with zero attached hydrogens (tertiary/aromatic N) is 2. The van der Waals surface area contributed by atoms with Crippen LogP contribution in [0.3, 0.4) is 0 Å². The molecule has 3 aromatic rings. The van der Waals surface area contributed by atoms with Crippen LogP contribution in [-0.4, -0.2) is 39.1 Å². The van der Waals surface area contributed by atoms with E-state index in [9.17, 15) is 17.6 Å². The first-order chi connectivity index (χ1) is 15.7. The van der Waals surface area contributed by atoms with Crippen LogP contribution in [0.4, 0.5) is 15.8 Å². The Labute approximate surface area is 193 Å². The molecule has 0 fully saturated rings. The lowest BCUT2D eigenvalue weighted by atomic mass is 10.1. The van der Waals surface area contributed by atoms with Gasteiger partial charge in [0.1, 0.15) is 11.6 Å². The van der Waals surface area contributed by atoms with Gasteiger partial charge in [0, 0.05) is 37.6 Å². The summed E-state index contributed by atoms with van der Waals surface area (Å²) in [6, 6.07) is 14.2. The number of hydrogen-bond acceptors (Lipinski definition) is 5. The fourth-order valence-electron chi connectivity index (χ4n) is 3.51. The van der Waals surface area contributed by atoms with Gasteiger partial charge in [0.2, 0.25) is 10.0 Å². The molecule has 0 spiro atoms. The third kappa shape index (κ3) is 6.58. The van der Waals surface area contributed by atoms with Crippen LogP contribution < -0.4 is 9.62 Å². The highest BCUT2D eigenvalue weighted by Gasteiger charge is 2.21. The molecule has 176 valence electrons. The zero-order valence-corrected chi connectivity index (χ0v) is 19.7. The Kier molecular flexibility index (Phi) is 7.75. The van der Waals surface area contributed by atoms with Gasteiger partial charge in [-0.3, -0.25) is 9.52 Å². The van der Waals surface area contributed by atoms with Crippen molar-refractivity contribution in [1.29, 1.82) is 0 Å². The van der Waals surface area contributed by atoms with Crippen molar-refractivity contribution in [1.82, 2.24) is 4.90 Å². The van der Waals surface area contributed by atoms with E-state index in [2.05, 4.69) is 4.72 Å². The average Bonchev–Trinajstić information content (AvgIpc) is 3.25. The summed E-state index contributed by atoms with van der Waals surface area (Å²) in [5.74, 6) is -0.279. The van der Waals surface area contributed by atoms with E-state index in [0.29, 0.717) is 17.9 Å². The molecule has 9 heteroatoms. The molecule has 0 unspecified atom stereocenters. The largest absolute Gasteiger partial charge is 0.467 e. The van der Waals surface area contributed by atoms with Crippen molar-refractivity contribution in [3.8, 4) is 0 Å². The van der Waals surface area contributed by atoms with Crippen LogP contribution >= 0.6 is 0 Å². The van der Waals surface area contributed by atoms with E-state index in [-0.39, 0.29) is 30.3 Å². The zero-order valence-electron chi connectivity index (χ0n) is 18.9. The number of halogens is 1. The molecular formula is C24H28FN3O4S. The summed E-state index contributed by atoms with van der Waals surface area (Å²) in [6.07, 6.45) is 2.02. The van der Waals surface area contributed by atoms with E-state index in [1.807, 2.05) is 19.0 Å². The van der Waals surface area contributed by atoms with Crippen molar-refractivity contribution >= 4 is 27.3 Å². The molecule has 0 aliphatic carbocycles. The number of carbonyl (C=O) groups excluding carboxylic acids is 1. The Bertz CT molecular complexity index is 1190. The molecule has 0 atom stereocenters. The summed E-state index contributed by atoms with van der Waals surface area (Å²) in [6.45, 7) is 2.12. The van der Waals surface area contributed by atoms with E-state index in [0.717, 1.165) is 11.3 Å². The number of benzene rings is 2. The molecule has 33 heavy (non-hydrogen) atoms. The van der Waals surface area contributed by atoms with Gasteiger partial charge in [0.15, 0.2) is 0 Å². The van der Waals surface area contributed by atoms with E-state index >= 15 is 0 Å². The predicted octanol–water partition coefficient (Wildman–Crippen LogP) is 4.48. The first-order valence-electron chi connectivity index (χ1n) is 10.6. The SMILES string of the molecule is CCCS(=O)(=O)Nc1ccc(N(C)C)c(CN(Cc2ccco2)C(=O)c2cccc(F)c2)c1. The Morgan fingerprint density at radius 1 is 1.06 bits per heavy atom. The van der Waals surface area contributed by atoms with Crippen LogP contribution in [0, 0.1) is 5.82 Å². The lowest BCUT2D eigenvalue weighted by Crippen LogP contribution is -2.31. The molecule has 1 aromatic heterocycles. The van der Waals surface area contributed by atoms with Gasteiger partial charge >= 0.3 is 0 Å². The molecule has 0 aliphatic heterocycles. The lowest BCUT2D eigenvalue weighted by Gasteiger charge is -2.26. The van der Waals surface area contributed by atoms with E-state index in [1.165, 1.54) is 24.5 Å². The molecule has 0 bridgehead atoms. The molecule has 0 saturated heterocycles. The van der Waals surface area contributed by atoms with Crippen LogP contribution in [0.15, 0.2) is 65.3 Å². The maximum absolute atomic E-state index is 13.8. The molecule has 0 saturated carbocycles. The summed E-state index contributed by atoms with van der Waals surface area (Å²) < 4.78 is 46.3. The van der Waals surface area contributed by atoms with E-state index in [4.69, 9.17) is 4.42 Å². The van der Waals surface area contributed by atoms with Gasteiger partial charge in [-0.25, -0.2) is 12.8 Å². The molecule has 3 rings (SSSR count). The highest BCUT2D eigenvalue weighted by Crippen LogP contribution is 2.27. The van der Waals surface area contributed by atoms with Crippen LogP contribution in [0.25, 0.3) is 0 Å². The summed E-state index contributed by atoms with van der Waals surface area (Å²) >= 11 is 0. The molecular weight excluding hydrogens is 445 g/mol. The highest BCUT2D eigenvalue weighted by atomic mass is 32.2. The van der Waals surface area contributed by atoms with Crippen molar-refractivity contribution in [3.05, 3.63) is 83.6 Å². The van der Waals surface area contributed by atoms with Crippen molar-refractivity contribution in [2.24, 2.45) is 0 Å². The Hall–Kier alpha value is -3.33. The minimum Gasteiger partial charge on any atom is -0.467 e. The van der Waals surface area contributed by atoms with Crippen molar-refractivity contribution in [2.75, 3.05) is 29.5 Å².